The number of nitrogens with zero attached hydrogens (tertiary/aromatic N) is 1. The molecule has 0 radical (unpaired) electrons. The van der Waals surface area contributed by atoms with E-state index >= 15 is 0 Å². The second kappa shape index (κ2) is 7.56. The van der Waals surface area contributed by atoms with Crippen LogP contribution < -0.4 is 15.0 Å². The molecular formula is C18H12Cl2N2O4S. The van der Waals surface area contributed by atoms with Crippen molar-refractivity contribution >= 4 is 64.1 Å². The van der Waals surface area contributed by atoms with Gasteiger partial charge in [-0.3, -0.25) is 19.8 Å². The molecule has 6 nitrogen and oxygen atoms in total. The molecule has 2 aromatic carbocycles. The van der Waals surface area contributed by atoms with Gasteiger partial charge >= 0.3 is 0 Å². The molecule has 0 atom stereocenters. The molecule has 2 N–H and O–H groups in total. The number of anilines is 1. The summed E-state index contributed by atoms with van der Waals surface area (Å²) in [4.78, 5) is 26.3. The topological polar surface area (TPSA) is 78.9 Å². The molecule has 0 bridgehead atoms. The predicted octanol–water partition coefficient (Wildman–Crippen LogP) is 3.54. The molecule has 138 valence electrons. The second-order valence-electron chi connectivity index (χ2n) is 5.46. The first-order valence-corrected chi connectivity index (χ1v) is 8.72. The number of rotatable bonds is 3. The van der Waals surface area contributed by atoms with Crippen LogP contribution in [0.3, 0.4) is 0 Å². The van der Waals surface area contributed by atoms with E-state index in [4.69, 9.17) is 40.2 Å². The number of aromatic hydroxyl groups is 1. The van der Waals surface area contributed by atoms with Crippen molar-refractivity contribution in [1.29, 1.82) is 0 Å². The number of carbonyl (C=O) groups is 2. The first-order chi connectivity index (χ1) is 12.8. The van der Waals surface area contributed by atoms with Crippen molar-refractivity contribution in [3.63, 3.8) is 0 Å². The quantitative estimate of drug-likeness (QED) is 0.449. The average molecular weight is 423 g/mol. The number of ether oxygens (including phenoxy) is 1. The molecule has 0 aliphatic carbocycles. The van der Waals surface area contributed by atoms with Crippen molar-refractivity contribution in [1.82, 2.24) is 5.32 Å². The van der Waals surface area contributed by atoms with Gasteiger partial charge in [0.05, 0.1) is 22.8 Å². The first kappa shape index (κ1) is 19.2. The van der Waals surface area contributed by atoms with Gasteiger partial charge in [-0.25, -0.2) is 0 Å². The van der Waals surface area contributed by atoms with Gasteiger partial charge in [0.15, 0.2) is 16.6 Å². The van der Waals surface area contributed by atoms with Crippen LogP contribution in [0.5, 0.6) is 11.5 Å². The van der Waals surface area contributed by atoms with Gasteiger partial charge in [-0.2, -0.15) is 0 Å². The Balaban J connectivity index is 2.05. The lowest BCUT2D eigenvalue weighted by molar-refractivity contribution is -0.122. The zero-order valence-corrected chi connectivity index (χ0v) is 16.2. The lowest BCUT2D eigenvalue weighted by Crippen LogP contribution is -2.54. The highest BCUT2D eigenvalue weighted by molar-refractivity contribution is 7.80. The third-order valence-corrected chi connectivity index (χ3v) is 4.88. The van der Waals surface area contributed by atoms with Gasteiger partial charge in [-0.1, -0.05) is 35.3 Å². The number of carbonyl (C=O) groups excluding carboxylic acids is 2. The number of amides is 2. The molecule has 27 heavy (non-hydrogen) atoms. The minimum atomic E-state index is -0.664. The summed E-state index contributed by atoms with van der Waals surface area (Å²) >= 11 is 17.3. The SMILES string of the molecule is COc1ccc(/C=C2\C(=O)NC(=S)N(c3cccc(Cl)c3Cl)C2=O)cc1O. The van der Waals surface area contributed by atoms with Gasteiger partial charge in [0.25, 0.3) is 11.8 Å². The van der Waals surface area contributed by atoms with E-state index in [0.29, 0.717) is 5.56 Å². The van der Waals surface area contributed by atoms with Crippen LogP contribution in [-0.2, 0) is 9.59 Å². The van der Waals surface area contributed by atoms with Gasteiger partial charge in [0.1, 0.15) is 5.57 Å². The summed E-state index contributed by atoms with van der Waals surface area (Å²) in [5.74, 6) is -1.18. The molecule has 1 fully saturated rings. The summed E-state index contributed by atoms with van der Waals surface area (Å²) in [6, 6.07) is 9.22. The highest BCUT2D eigenvalue weighted by atomic mass is 35.5. The van der Waals surface area contributed by atoms with Crippen LogP contribution in [0.15, 0.2) is 42.0 Å². The minimum Gasteiger partial charge on any atom is -0.504 e. The van der Waals surface area contributed by atoms with Crippen molar-refractivity contribution in [2.75, 3.05) is 12.0 Å². The Morgan fingerprint density at radius 1 is 1.22 bits per heavy atom. The summed E-state index contributed by atoms with van der Waals surface area (Å²) in [5.41, 5.74) is 0.503. The number of nitrogens with one attached hydrogen (secondary N) is 1. The third-order valence-electron chi connectivity index (χ3n) is 3.79. The van der Waals surface area contributed by atoms with Gasteiger partial charge in [-0.15, -0.1) is 0 Å². The van der Waals surface area contributed by atoms with E-state index in [-0.39, 0.29) is 37.9 Å². The molecule has 1 aliphatic heterocycles. The maximum absolute atomic E-state index is 12.9. The van der Waals surface area contributed by atoms with E-state index in [1.807, 2.05) is 0 Å². The Bertz CT molecular complexity index is 1010. The normalized spacial score (nSPS) is 15.9. The predicted molar refractivity (Wildman–Crippen MR) is 107 cm³/mol. The fraction of sp³-hybridized carbons (Fsp3) is 0.0556. The zero-order valence-electron chi connectivity index (χ0n) is 13.8. The van der Waals surface area contributed by atoms with Gasteiger partial charge < -0.3 is 9.84 Å². The van der Waals surface area contributed by atoms with E-state index in [2.05, 4.69) is 5.32 Å². The smallest absolute Gasteiger partial charge is 0.270 e. The van der Waals surface area contributed by atoms with Crippen molar-refractivity contribution in [2.24, 2.45) is 0 Å². The van der Waals surface area contributed by atoms with Gasteiger partial charge in [0, 0.05) is 0 Å². The molecule has 1 heterocycles. The molecule has 1 aliphatic rings. The Morgan fingerprint density at radius 3 is 2.63 bits per heavy atom. The Morgan fingerprint density at radius 2 is 1.96 bits per heavy atom. The summed E-state index contributed by atoms with van der Waals surface area (Å²) in [7, 11) is 1.42. The molecule has 0 unspecified atom stereocenters. The lowest BCUT2D eigenvalue weighted by atomic mass is 10.1. The number of methoxy groups -OCH3 is 1. The van der Waals surface area contributed by atoms with E-state index in [1.165, 1.54) is 25.3 Å². The van der Waals surface area contributed by atoms with Crippen molar-refractivity contribution < 1.29 is 19.4 Å². The molecule has 2 amide bonds. The lowest BCUT2D eigenvalue weighted by Gasteiger charge is -2.29. The van der Waals surface area contributed by atoms with Crippen molar-refractivity contribution in [3.05, 3.63) is 57.6 Å². The van der Waals surface area contributed by atoms with Crippen molar-refractivity contribution in [3.8, 4) is 11.5 Å². The van der Waals surface area contributed by atoms with Crippen LogP contribution in [-0.4, -0.2) is 29.1 Å². The van der Waals surface area contributed by atoms with Crippen LogP contribution in [0.25, 0.3) is 6.08 Å². The zero-order chi connectivity index (χ0) is 19.7. The van der Waals surface area contributed by atoms with Gasteiger partial charge in [0.2, 0.25) is 0 Å². The molecule has 3 rings (SSSR count). The van der Waals surface area contributed by atoms with E-state index in [0.717, 1.165) is 4.90 Å². The Labute approximate surface area is 169 Å². The fourth-order valence-corrected chi connectivity index (χ4v) is 3.16. The number of phenolic OH excluding ortho intramolecular Hbond substituents is 1. The number of hydrogen-bond acceptors (Lipinski definition) is 5. The number of hydrogen-bond donors (Lipinski definition) is 2. The monoisotopic (exact) mass is 422 g/mol. The minimum absolute atomic E-state index is 0.108. The summed E-state index contributed by atoms with van der Waals surface area (Å²) in [6.45, 7) is 0. The second-order valence-corrected chi connectivity index (χ2v) is 6.63. The summed E-state index contributed by atoms with van der Waals surface area (Å²) < 4.78 is 4.98. The van der Waals surface area contributed by atoms with Crippen LogP contribution in [0.1, 0.15) is 5.56 Å². The largest absolute Gasteiger partial charge is 0.504 e. The molecule has 0 saturated carbocycles. The number of phenols is 1. The first-order valence-electron chi connectivity index (χ1n) is 7.56. The molecule has 2 aromatic rings. The number of thiocarbonyl (C=S) groups is 1. The standard InChI is InChI=1S/C18H12Cl2N2O4S/c1-26-14-6-5-9(8-13(14)23)7-10-16(24)21-18(27)22(17(10)25)12-4-2-3-11(19)15(12)20/h2-8,23H,1H3,(H,21,24,27)/b10-7+. The van der Waals surface area contributed by atoms with Gasteiger partial charge in [-0.05, 0) is 48.1 Å². The van der Waals surface area contributed by atoms with Crippen LogP contribution in [0, 0.1) is 0 Å². The molecule has 9 heteroatoms. The van der Waals surface area contributed by atoms with Crippen LogP contribution in [0.2, 0.25) is 10.0 Å². The summed E-state index contributed by atoms with van der Waals surface area (Å²) in [5, 5.41) is 12.6. The molecule has 0 aromatic heterocycles. The highest BCUT2D eigenvalue weighted by Crippen LogP contribution is 2.34. The maximum Gasteiger partial charge on any atom is 0.270 e. The van der Waals surface area contributed by atoms with E-state index < -0.39 is 11.8 Å². The Hall–Kier alpha value is -2.61. The number of halogens is 2. The average Bonchev–Trinajstić information content (AvgIpc) is 2.62. The van der Waals surface area contributed by atoms with Crippen LogP contribution >= 0.6 is 35.4 Å². The van der Waals surface area contributed by atoms with Crippen LogP contribution in [0.4, 0.5) is 5.69 Å². The van der Waals surface area contributed by atoms with Crippen molar-refractivity contribution in [2.45, 2.75) is 0 Å². The number of benzene rings is 2. The maximum atomic E-state index is 12.9. The molecular weight excluding hydrogens is 411 g/mol. The molecule has 0 spiro atoms. The van der Waals surface area contributed by atoms with E-state index in [1.54, 1.807) is 24.3 Å². The molecule has 1 saturated heterocycles. The highest BCUT2D eigenvalue weighted by Gasteiger charge is 2.35. The fourth-order valence-electron chi connectivity index (χ4n) is 2.50. The van der Waals surface area contributed by atoms with E-state index in [9.17, 15) is 14.7 Å². The Kier molecular flexibility index (Phi) is 5.36. The third kappa shape index (κ3) is 3.62. The summed E-state index contributed by atoms with van der Waals surface area (Å²) in [6.07, 6.45) is 1.34.